The lowest BCUT2D eigenvalue weighted by atomic mass is 10.0. The fraction of sp³-hybridized carbons (Fsp3) is 0.930. The van der Waals surface area contributed by atoms with E-state index in [9.17, 15) is 19.0 Å². The van der Waals surface area contributed by atoms with E-state index in [4.69, 9.17) is 18.5 Å². The predicted molar refractivity (Wildman–Crippen MR) is 284 cm³/mol. The molecule has 10 heteroatoms. The molecule has 0 saturated carbocycles. The number of hydrogen-bond donors (Lipinski definition) is 1. The number of phosphoric acid groups is 1. The summed E-state index contributed by atoms with van der Waals surface area (Å²) in [6.45, 7) is 4.43. The van der Waals surface area contributed by atoms with Crippen LogP contribution in [-0.2, 0) is 32.7 Å². The first-order valence-electron chi connectivity index (χ1n) is 28.9. The van der Waals surface area contributed by atoms with Crippen LogP contribution in [0.1, 0.15) is 290 Å². The number of likely N-dealkylation sites (N-methyl/N-ethyl adjacent to an activating group) is 1. The second-order valence-corrected chi connectivity index (χ2v) is 22.5. The number of quaternary nitrogens is 1. The van der Waals surface area contributed by atoms with E-state index < -0.39 is 26.5 Å². The third kappa shape index (κ3) is 53.9. The largest absolute Gasteiger partial charge is 0.472 e. The molecule has 0 spiro atoms. The van der Waals surface area contributed by atoms with E-state index >= 15 is 0 Å². The van der Waals surface area contributed by atoms with Crippen molar-refractivity contribution in [2.45, 2.75) is 296 Å². The van der Waals surface area contributed by atoms with Crippen molar-refractivity contribution in [3.63, 3.8) is 0 Å². The fourth-order valence-corrected chi connectivity index (χ4v) is 9.28. The summed E-state index contributed by atoms with van der Waals surface area (Å²) in [5.74, 6) is -0.787. The van der Waals surface area contributed by atoms with Crippen LogP contribution in [0.2, 0.25) is 0 Å². The van der Waals surface area contributed by atoms with Crippen molar-refractivity contribution in [2.24, 2.45) is 0 Å². The van der Waals surface area contributed by atoms with Crippen molar-refractivity contribution >= 4 is 19.8 Å². The van der Waals surface area contributed by atoms with Gasteiger partial charge in [-0.05, 0) is 38.5 Å². The van der Waals surface area contributed by atoms with Crippen LogP contribution in [-0.4, -0.2) is 74.9 Å². The molecule has 0 aromatic heterocycles. The summed E-state index contributed by atoms with van der Waals surface area (Å²) < 4.78 is 34.4. The Labute approximate surface area is 416 Å². The van der Waals surface area contributed by atoms with Crippen LogP contribution in [0.25, 0.3) is 0 Å². The van der Waals surface area contributed by atoms with Gasteiger partial charge in [-0.15, -0.1) is 0 Å². The summed E-state index contributed by atoms with van der Waals surface area (Å²) in [6.07, 6.45) is 57.6. The minimum absolute atomic E-state index is 0.0359. The number of unbranched alkanes of at least 4 members (excludes halogenated alkanes) is 38. The molecule has 0 bridgehead atoms. The van der Waals surface area contributed by atoms with E-state index in [2.05, 4.69) is 26.0 Å². The van der Waals surface area contributed by atoms with Crippen LogP contribution in [0, 0.1) is 0 Å². The molecule has 0 heterocycles. The fourth-order valence-electron chi connectivity index (χ4n) is 8.54. The zero-order valence-corrected chi connectivity index (χ0v) is 46.1. The summed E-state index contributed by atoms with van der Waals surface area (Å²) in [7, 11) is 1.49. The zero-order chi connectivity index (χ0) is 49.2. The minimum Gasteiger partial charge on any atom is -0.462 e. The third-order valence-electron chi connectivity index (χ3n) is 13.0. The summed E-state index contributed by atoms with van der Waals surface area (Å²) in [5, 5.41) is 0. The number of carbonyl (C=O) groups excluding carboxylic acids is 2. The highest BCUT2D eigenvalue weighted by Gasteiger charge is 2.27. The van der Waals surface area contributed by atoms with Gasteiger partial charge in [0.05, 0.1) is 27.7 Å². The zero-order valence-electron chi connectivity index (χ0n) is 45.2. The van der Waals surface area contributed by atoms with E-state index in [0.717, 1.165) is 38.5 Å². The van der Waals surface area contributed by atoms with Crippen LogP contribution in [0.5, 0.6) is 0 Å². The van der Waals surface area contributed by atoms with Crippen LogP contribution in [0.15, 0.2) is 12.2 Å². The van der Waals surface area contributed by atoms with Crippen molar-refractivity contribution in [1.29, 1.82) is 0 Å². The average Bonchev–Trinajstić information content (AvgIpc) is 3.29. The number of rotatable bonds is 54. The molecule has 0 aliphatic rings. The van der Waals surface area contributed by atoms with Crippen molar-refractivity contribution in [3.8, 4) is 0 Å². The van der Waals surface area contributed by atoms with Gasteiger partial charge >= 0.3 is 19.8 Å². The van der Waals surface area contributed by atoms with Gasteiger partial charge in [0.1, 0.15) is 19.8 Å². The molecule has 0 aromatic carbocycles. The van der Waals surface area contributed by atoms with Gasteiger partial charge in [0.15, 0.2) is 6.10 Å². The molecule has 0 saturated heterocycles. The molecule has 0 aliphatic heterocycles. The molecule has 0 aromatic rings. The standard InChI is InChI=1S/C57H112NO8P/c1-6-8-10-12-14-16-17-18-19-20-21-22-23-24-25-26-27-28-29-30-31-32-33-34-35-36-37-38-39-40-41-42-44-46-48-50-57(60)66-55(54-65-67(61,62)64-52-51-58(3,4)5)53-63-56(59)49-47-45-43-15-13-11-9-7-2/h20-21,55H,6-19,22-54H2,1-5H3/p+1/b21-20-. The Hall–Kier alpha value is -1.25. The van der Waals surface area contributed by atoms with Gasteiger partial charge in [-0.3, -0.25) is 18.6 Å². The quantitative estimate of drug-likeness (QED) is 0.0211. The number of carbonyl (C=O) groups is 2. The van der Waals surface area contributed by atoms with E-state index in [1.54, 1.807) is 0 Å². The Morgan fingerprint density at radius 1 is 0.448 bits per heavy atom. The van der Waals surface area contributed by atoms with Gasteiger partial charge in [-0.2, -0.15) is 0 Å². The molecule has 2 atom stereocenters. The molecule has 9 nitrogen and oxygen atoms in total. The monoisotopic (exact) mass is 971 g/mol. The van der Waals surface area contributed by atoms with Crippen molar-refractivity contribution in [3.05, 3.63) is 12.2 Å². The average molecular weight is 972 g/mol. The summed E-state index contributed by atoms with van der Waals surface area (Å²) in [6, 6.07) is 0. The van der Waals surface area contributed by atoms with Crippen LogP contribution < -0.4 is 0 Å². The maximum Gasteiger partial charge on any atom is 0.472 e. The highest BCUT2D eigenvalue weighted by atomic mass is 31.2. The summed E-state index contributed by atoms with van der Waals surface area (Å²) in [5.41, 5.74) is 0. The molecular formula is C57H113NO8P+. The molecule has 0 rings (SSSR count). The predicted octanol–water partition coefficient (Wildman–Crippen LogP) is 17.7. The Bertz CT molecular complexity index is 1140. The van der Waals surface area contributed by atoms with Gasteiger partial charge in [-0.1, -0.05) is 251 Å². The Balaban J connectivity index is 3.83. The smallest absolute Gasteiger partial charge is 0.462 e. The number of allylic oxidation sites excluding steroid dienone is 2. The van der Waals surface area contributed by atoms with Gasteiger partial charge in [0.25, 0.3) is 0 Å². The van der Waals surface area contributed by atoms with Gasteiger partial charge < -0.3 is 18.9 Å². The molecule has 398 valence electrons. The van der Waals surface area contributed by atoms with E-state index in [-0.39, 0.29) is 25.6 Å². The number of phosphoric ester groups is 1. The topological polar surface area (TPSA) is 108 Å². The van der Waals surface area contributed by atoms with Gasteiger partial charge in [0.2, 0.25) is 0 Å². The van der Waals surface area contributed by atoms with E-state index in [1.807, 2.05) is 21.1 Å². The van der Waals surface area contributed by atoms with Gasteiger partial charge in [-0.25, -0.2) is 4.57 Å². The van der Waals surface area contributed by atoms with Crippen LogP contribution >= 0.6 is 7.82 Å². The highest BCUT2D eigenvalue weighted by Crippen LogP contribution is 2.43. The second kappa shape index (κ2) is 49.7. The SMILES string of the molecule is CCCCCCCCCC/C=C\CCCCCCCCCCCCCCCCCCCCCCCCCC(=O)OC(COC(=O)CCCCCCCCCC)COP(=O)(O)OCC[N+](C)(C)C. The lowest BCUT2D eigenvalue weighted by molar-refractivity contribution is -0.870. The number of hydrogen-bond acceptors (Lipinski definition) is 7. The maximum absolute atomic E-state index is 12.7. The normalized spacial score (nSPS) is 13.3. The number of nitrogens with zero attached hydrogens (tertiary/aromatic N) is 1. The highest BCUT2D eigenvalue weighted by molar-refractivity contribution is 7.47. The lowest BCUT2D eigenvalue weighted by Gasteiger charge is -2.24. The van der Waals surface area contributed by atoms with Crippen LogP contribution in [0.4, 0.5) is 0 Å². The van der Waals surface area contributed by atoms with Crippen molar-refractivity contribution in [1.82, 2.24) is 0 Å². The van der Waals surface area contributed by atoms with Crippen molar-refractivity contribution < 1.29 is 42.1 Å². The maximum atomic E-state index is 12.7. The Morgan fingerprint density at radius 3 is 1.10 bits per heavy atom. The van der Waals surface area contributed by atoms with Crippen LogP contribution in [0.3, 0.4) is 0 Å². The van der Waals surface area contributed by atoms with E-state index in [1.165, 1.54) is 225 Å². The second-order valence-electron chi connectivity index (χ2n) is 21.0. The van der Waals surface area contributed by atoms with Crippen molar-refractivity contribution in [2.75, 3.05) is 47.5 Å². The Morgan fingerprint density at radius 2 is 0.761 bits per heavy atom. The molecular weight excluding hydrogens is 858 g/mol. The summed E-state index contributed by atoms with van der Waals surface area (Å²) >= 11 is 0. The molecule has 2 unspecified atom stereocenters. The van der Waals surface area contributed by atoms with Gasteiger partial charge in [0, 0.05) is 12.8 Å². The minimum atomic E-state index is -4.37. The molecule has 67 heavy (non-hydrogen) atoms. The number of ether oxygens (including phenoxy) is 2. The lowest BCUT2D eigenvalue weighted by Crippen LogP contribution is -2.37. The molecule has 0 fully saturated rings. The molecule has 0 radical (unpaired) electrons. The first kappa shape index (κ1) is 65.8. The molecule has 0 aliphatic carbocycles. The molecule has 1 N–H and O–H groups in total. The molecule has 0 amide bonds. The van der Waals surface area contributed by atoms with E-state index in [0.29, 0.717) is 17.4 Å². The third-order valence-corrected chi connectivity index (χ3v) is 14.0. The first-order chi connectivity index (χ1) is 32.5. The summed E-state index contributed by atoms with van der Waals surface area (Å²) in [4.78, 5) is 35.4. The number of esters is 2. The Kier molecular flexibility index (Phi) is 48.8. The first-order valence-corrected chi connectivity index (χ1v) is 30.4.